The Balaban J connectivity index is 1.60. The van der Waals surface area contributed by atoms with E-state index < -0.39 is 21.8 Å². The van der Waals surface area contributed by atoms with Crippen LogP contribution in [-0.2, 0) is 20.9 Å². The van der Waals surface area contributed by atoms with Crippen LogP contribution < -0.4 is 4.90 Å². The third-order valence-corrected chi connectivity index (χ3v) is 7.97. The summed E-state index contributed by atoms with van der Waals surface area (Å²) in [6.45, 7) is 2.46. The van der Waals surface area contributed by atoms with Gasteiger partial charge in [0.25, 0.3) is 10.0 Å². The first kappa shape index (κ1) is 25.7. The monoisotopic (exact) mass is 541 g/mol. The zero-order valence-electron chi connectivity index (χ0n) is 19.9. The van der Waals surface area contributed by atoms with Crippen LogP contribution in [0.2, 0.25) is 0 Å². The Morgan fingerprint density at radius 3 is 2.32 bits per heavy atom. The highest BCUT2D eigenvalue weighted by Gasteiger charge is 2.31. The Labute approximate surface area is 216 Å². The van der Waals surface area contributed by atoms with Gasteiger partial charge in [0.05, 0.1) is 29.2 Å². The molecular formula is C27H22F3N3O4S. The van der Waals surface area contributed by atoms with Crippen LogP contribution in [0, 0.1) is 0 Å². The molecule has 1 aliphatic rings. The van der Waals surface area contributed by atoms with Gasteiger partial charge in [0.15, 0.2) is 5.78 Å². The summed E-state index contributed by atoms with van der Waals surface area (Å²) in [5, 5.41) is 0.572. The Morgan fingerprint density at radius 1 is 0.974 bits per heavy atom. The predicted octanol–water partition coefficient (Wildman–Crippen LogP) is 5.02. The molecule has 11 heteroatoms. The molecule has 4 aromatic rings. The van der Waals surface area contributed by atoms with E-state index in [1.165, 1.54) is 30.7 Å². The SMILES string of the molecule is O=C(/C=C/c1cn(S(=O)(=O)c2ccc(C(F)(F)F)cc2)c2ccc(N3CCOCC3)cc12)c1ccncc1. The van der Waals surface area contributed by atoms with Gasteiger partial charge in [-0.1, -0.05) is 0 Å². The highest BCUT2D eigenvalue weighted by molar-refractivity contribution is 7.90. The average molecular weight is 542 g/mol. The van der Waals surface area contributed by atoms with Crippen LogP contribution in [0.15, 0.2) is 84.2 Å². The maximum atomic E-state index is 13.5. The van der Waals surface area contributed by atoms with Gasteiger partial charge < -0.3 is 9.64 Å². The van der Waals surface area contributed by atoms with E-state index >= 15 is 0 Å². The number of ether oxygens (including phenoxy) is 1. The summed E-state index contributed by atoms with van der Waals surface area (Å²) in [4.78, 5) is 18.4. The molecule has 38 heavy (non-hydrogen) atoms. The van der Waals surface area contributed by atoms with Crippen molar-refractivity contribution in [2.75, 3.05) is 31.2 Å². The van der Waals surface area contributed by atoms with Crippen molar-refractivity contribution >= 4 is 38.5 Å². The molecule has 2 aromatic carbocycles. The first-order valence-electron chi connectivity index (χ1n) is 11.7. The fourth-order valence-corrected chi connectivity index (χ4v) is 5.65. The number of pyridine rings is 1. The van der Waals surface area contributed by atoms with E-state index in [9.17, 15) is 26.4 Å². The lowest BCUT2D eigenvalue weighted by atomic mass is 10.1. The highest BCUT2D eigenvalue weighted by atomic mass is 32.2. The molecule has 196 valence electrons. The van der Waals surface area contributed by atoms with Crippen molar-refractivity contribution in [2.24, 2.45) is 0 Å². The summed E-state index contributed by atoms with van der Waals surface area (Å²) < 4.78 is 72.5. The van der Waals surface area contributed by atoms with E-state index in [4.69, 9.17) is 4.74 Å². The number of benzene rings is 2. The normalized spacial score (nSPS) is 14.9. The number of nitrogens with zero attached hydrogens (tertiary/aromatic N) is 3. The van der Waals surface area contributed by atoms with Crippen molar-refractivity contribution in [3.05, 3.63) is 96.0 Å². The summed E-state index contributed by atoms with van der Waals surface area (Å²) in [5.74, 6) is -0.289. The molecule has 3 heterocycles. The second-order valence-corrected chi connectivity index (χ2v) is 10.5. The van der Waals surface area contributed by atoms with Crippen LogP contribution in [0.3, 0.4) is 0 Å². The Morgan fingerprint density at radius 2 is 1.66 bits per heavy atom. The number of alkyl halides is 3. The molecule has 1 saturated heterocycles. The van der Waals surface area contributed by atoms with Crippen LogP contribution >= 0.6 is 0 Å². The Bertz CT molecular complexity index is 1610. The molecule has 0 N–H and O–H groups in total. The lowest BCUT2D eigenvalue weighted by Gasteiger charge is -2.29. The minimum atomic E-state index is -4.59. The molecule has 5 rings (SSSR count). The molecule has 0 atom stereocenters. The third-order valence-electron chi connectivity index (χ3n) is 6.28. The molecule has 2 aromatic heterocycles. The molecule has 0 spiro atoms. The zero-order valence-corrected chi connectivity index (χ0v) is 20.7. The number of carbonyl (C=O) groups is 1. The number of morpholine rings is 1. The number of rotatable bonds is 6. The summed E-state index contributed by atoms with van der Waals surface area (Å²) >= 11 is 0. The lowest BCUT2D eigenvalue weighted by Crippen LogP contribution is -2.36. The maximum absolute atomic E-state index is 13.5. The number of halogens is 3. The van der Waals surface area contributed by atoms with E-state index in [-0.39, 0.29) is 10.7 Å². The largest absolute Gasteiger partial charge is 0.416 e. The first-order valence-corrected chi connectivity index (χ1v) is 13.1. The minimum absolute atomic E-state index is 0.289. The van der Waals surface area contributed by atoms with Crippen molar-refractivity contribution in [3.63, 3.8) is 0 Å². The molecular weight excluding hydrogens is 519 g/mol. The second kappa shape index (κ2) is 10.1. The predicted molar refractivity (Wildman–Crippen MR) is 137 cm³/mol. The number of allylic oxidation sites excluding steroid dienone is 1. The van der Waals surface area contributed by atoms with Gasteiger partial charge in [-0.25, -0.2) is 12.4 Å². The fourth-order valence-electron chi connectivity index (χ4n) is 4.27. The van der Waals surface area contributed by atoms with Crippen molar-refractivity contribution in [1.29, 1.82) is 0 Å². The van der Waals surface area contributed by atoms with Gasteiger partial charge in [-0.05, 0) is 66.7 Å². The molecule has 0 saturated carbocycles. The standard InChI is InChI=1S/C27H22F3N3O4S/c28-27(29,30)21-2-5-23(6-3-21)38(35,36)33-18-20(1-8-26(34)19-9-11-31-12-10-19)24-17-22(4-7-25(24)33)32-13-15-37-16-14-32/h1-12,17-18H,13-16H2/b8-1+. The molecule has 0 amide bonds. The quantitative estimate of drug-likeness (QED) is 0.252. The van der Waals surface area contributed by atoms with Crippen molar-refractivity contribution in [1.82, 2.24) is 8.96 Å². The number of anilines is 1. The van der Waals surface area contributed by atoms with Gasteiger partial charge in [0, 0.05) is 53.9 Å². The van der Waals surface area contributed by atoms with Crippen LogP contribution in [0.5, 0.6) is 0 Å². The number of hydrogen-bond donors (Lipinski definition) is 0. The Hall–Kier alpha value is -3.96. The van der Waals surface area contributed by atoms with Crippen molar-refractivity contribution in [3.8, 4) is 0 Å². The van der Waals surface area contributed by atoms with E-state index in [0.29, 0.717) is 48.3 Å². The van der Waals surface area contributed by atoms with Crippen molar-refractivity contribution < 1.29 is 31.1 Å². The summed E-state index contributed by atoms with van der Waals surface area (Å²) in [7, 11) is -4.25. The van der Waals surface area contributed by atoms with E-state index in [1.54, 1.807) is 24.3 Å². The third kappa shape index (κ3) is 5.07. The van der Waals surface area contributed by atoms with Gasteiger partial charge in [-0.2, -0.15) is 13.2 Å². The first-order chi connectivity index (χ1) is 18.1. The number of ketones is 1. The Kier molecular flexibility index (Phi) is 6.80. The van der Waals surface area contributed by atoms with Crippen LogP contribution in [-0.4, -0.2) is 49.5 Å². The van der Waals surface area contributed by atoms with E-state index in [0.717, 1.165) is 33.9 Å². The van der Waals surface area contributed by atoms with Gasteiger partial charge >= 0.3 is 6.18 Å². The molecule has 0 radical (unpaired) electrons. The van der Waals surface area contributed by atoms with Crippen molar-refractivity contribution in [2.45, 2.75) is 11.1 Å². The van der Waals surface area contributed by atoms with Gasteiger partial charge in [-0.3, -0.25) is 9.78 Å². The zero-order chi connectivity index (χ0) is 26.9. The molecule has 1 aliphatic heterocycles. The van der Waals surface area contributed by atoms with E-state index in [2.05, 4.69) is 9.88 Å². The number of fused-ring (bicyclic) bond motifs is 1. The van der Waals surface area contributed by atoms with Gasteiger partial charge in [0.1, 0.15) is 0 Å². The van der Waals surface area contributed by atoms with Crippen LogP contribution in [0.1, 0.15) is 21.5 Å². The summed E-state index contributed by atoms with van der Waals surface area (Å²) in [6, 6.07) is 11.8. The number of carbonyl (C=O) groups excluding carboxylic acids is 1. The smallest absolute Gasteiger partial charge is 0.378 e. The number of aromatic nitrogens is 2. The summed E-state index contributed by atoms with van der Waals surface area (Å²) in [6.07, 6.45) is 2.67. The number of hydrogen-bond acceptors (Lipinski definition) is 6. The molecule has 7 nitrogen and oxygen atoms in total. The minimum Gasteiger partial charge on any atom is -0.378 e. The van der Waals surface area contributed by atoms with Gasteiger partial charge in [-0.15, -0.1) is 0 Å². The van der Waals surface area contributed by atoms with Crippen LogP contribution in [0.25, 0.3) is 17.0 Å². The molecule has 0 bridgehead atoms. The summed E-state index contributed by atoms with van der Waals surface area (Å²) in [5.41, 5.74) is 1.14. The average Bonchev–Trinajstić information content (AvgIpc) is 3.31. The van der Waals surface area contributed by atoms with E-state index in [1.807, 2.05) is 6.07 Å². The topological polar surface area (TPSA) is 81.5 Å². The lowest BCUT2D eigenvalue weighted by molar-refractivity contribution is -0.137. The maximum Gasteiger partial charge on any atom is 0.416 e. The molecule has 0 unspecified atom stereocenters. The fraction of sp³-hybridized carbons (Fsp3) is 0.185. The van der Waals surface area contributed by atoms with Gasteiger partial charge in [0.2, 0.25) is 0 Å². The molecule has 1 fully saturated rings. The molecule has 0 aliphatic carbocycles. The van der Waals surface area contributed by atoms with Crippen LogP contribution in [0.4, 0.5) is 18.9 Å². The second-order valence-electron chi connectivity index (χ2n) is 8.64. The highest BCUT2D eigenvalue weighted by Crippen LogP contribution is 2.33.